The van der Waals surface area contributed by atoms with Crippen LogP contribution in [0, 0.1) is 0 Å². The highest BCUT2D eigenvalue weighted by Gasteiger charge is 2.13. The largest absolute Gasteiger partial charge is 0.369 e. The average Bonchev–Trinajstić information content (AvgIpc) is 1.99. The van der Waals surface area contributed by atoms with Crippen molar-refractivity contribution >= 4 is 21.0 Å². The number of rotatable bonds is 3. The first-order chi connectivity index (χ1) is 5.40. The molecule has 0 aromatic rings. The van der Waals surface area contributed by atoms with Crippen molar-refractivity contribution in [2.75, 3.05) is 13.6 Å². The van der Waals surface area contributed by atoms with Crippen LogP contribution in [0.5, 0.6) is 0 Å². The van der Waals surface area contributed by atoms with Crippen LogP contribution in [-0.2, 0) is 14.8 Å². The Balaban J connectivity index is 4.36. The molecule has 7 heteroatoms. The monoisotopic (exact) mass is 193 g/mol. The predicted molar refractivity (Wildman–Crippen MR) is 45.1 cm³/mol. The third-order valence-electron chi connectivity index (χ3n) is 1.14. The molecule has 0 heterocycles. The lowest BCUT2D eigenvalue weighted by Crippen LogP contribution is -2.36. The fourth-order valence-corrected chi connectivity index (χ4v) is 1.17. The summed E-state index contributed by atoms with van der Waals surface area (Å²) in [6.07, 6.45) is 0. The molecule has 0 spiro atoms. The molecular weight excluding hydrogens is 182 g/mol. The molecule has 0 bridgehead atoms. The number of hydrogen-bond donors (Lipinski definition) is 2. The summed E-state index contributed by atoms with van der Waals surface area (Å²) in [7, 11) is -2.26. The second-order valence-corrected chi connectivity index (χ2v) is 3.92. The van der Waals surface area contributed by atoms with Gasteiger partial charge in [0.1, 0.15) is 5.04 Å². The maximum atomic E-state index is 11.0. The smallest absolute Gasteiger partial charge is 0.253 e. The van der Waals surface area contributed by atoms with Crippen LogP contribution in [0.3, 0.4) is 0 Å². The van der Waals surface area contributed by atoms with Gasteiger partial charge in [0, 0.05) is 7.05 Å². The van der Waals surface area contributed by atoms with Gasteiger partial charge in [0.05, 0.1) is 6.54 Å². The van der Waals surface area contributed by atoms with E-state index in [1.165, 1.54) is 14.0 Å². The fraction of sp³-hybridized carbons (Fsp3) is 0.600. The van der Waals surface area contributed by atoms with Crippen molar-refractivity contribution in [3.8, 4) is 0 Å². The Labute approximate surface area is 70.9 Å². The van der Waals surface area contributed by atoms with Gasteiger partial charge < -0.3 is 5.73 Å². The zero-order valence-electron chi connectivity index (χ0n) is 6.86. The molecule has 0 rings (SSSR count). The molecule has 0 aliphatic rings. The van der Waals surface area contributed by atoms with Gasteiger partial charge in [-0.15, -0.1) is 0 Å². The predicted octanol–water partition coefficient (Wildman–Crippen LogP) is -1.56. The van der Waals surface area contributed by atoms with Crippen molar-refractivity contribution in [3.05, 3.63) is 0 Å². The molecule has 0 aromatic heterocycles. The molecule has 6 nitrogen and oxygen atoms in total. The van der Waals surface area contributed by atoms with E-state index >= 15 is 0 Å². The number of sulfonamides is 1. The minimum atomic E-state index is -3.61. The Bertz CT molecular complexity index is 293. The quantitative estimate of drug-likeness (QED) is 0.418. The lowest BCUT2D eigenvalue weighted by atomic mass is 10.7. The summed E-state index contributed by atoms with van der Waals surface area (Å²) < 4.78 is 24.0. The zero-order chi connectivity index (χ0) is 9.78. The summed E-state index contributed by atoms with van der Waals surface area (Å²) in [5.41, 5.74) is 4.74. The standard InChI is InChI=1S/C5H11N3O3S/c1-4(7-2)12(10,11)8-3-5(6)9/h8H,3H2,1-2H3,(H2,6,9). The molecule has 1 amide bonds. The second-order valence-electron chi connectivity index (χ2n) is 2.03. The maximum Gasteiger partial charge on any atom is 0.253 e. The molecule has 0 aliphatic heterocycles. The number of aliphatic imine (C=N–C) groups is 1. The Morgan fingerprint density at radius 2 is 2.08 bits per heavy atom. The van der Waals surface area contributed by atoms with Crippen LogP contribution in [0.15, 0.2) is 4.99 Å². The molecule has 12 heavy (non-hydrogen) atoms. The second kappa shape index (κ2) is 4.17. The fourth-order valence-electron chi connectivity index (χ4n) is 0.391. The van der Waals surface area contributed by atoms with E-state index < -0.39 is 22.5 Å². The Kier molecular flexibility index (Phi) is 3.84. The first kappa shape index (κ1) is 11.1. The highest BCUT2D eigenvalue weighted by Crippen LogP contribution is 1.87. The van der Waals surface area contributed by atoms with E-state index in [1.54, 1.807) is 0 Å². The van der Waals surface area contributed by atoms with E-state index in [1.807, 2.05) is 4.72 Å². The Morgan fingerprint density at radius 1 is 1.58 bits per heavy atom. The van der Waals surface area contributed by atoms with Gasteiger partial charge in [0.2, 0.25) is 5.91 Å². The SMILES string of the molecule is CN=C(C)S(=O)(=O)NCC(N)=O. The first-order valence-corrected chi connectivity index (χ1v) is 4.60. The molecular formula is C5H11N3O3S. The van der Waals surface area contributed by atoms with Crippen LogP contribution < -0.4 is 10.5 Å². The Hall–Kier alpha value is -0.950. The van der Waals surface area contributed by atoms with Crippen molar-refractivity contribution in [2.45, 2.75) is 6.92 Å². The van der Waals surface area contributed by atoms with Crippen LogP contribution in [0.1, 0.15) is 6.92 Å². The molecule has 0 fully saturated rings. The summed E-state index contributed by atoms with van der Waals surface area (Å²) in [5, 5.41) is -0.0799. The highest BCUT2D eigenvalue weighted by atomic mass is 32.2. The van der Waals surface area contributed by atoms with E-state index in [-0.39, 0.29) is 5.04 Å². The van der Waals surface area contributed by atoms with Crippen LogP contribution >= 0.6 is 0 Å². The van der Waals surface area contributed by atoms with Gasteiger partial charge >= 0.3 is 0 Å². The normalized spacial score (nSPS) is 13.0. The van der Waals surface area contributed by atoms with Crippen molar-refractivity contribution in [1.82, 2.24) is 4.72 Å². The van der Waals surface area contributed by atoms with Crippen LogP contribution in [0.25, 0.3) is 0 Å². The lowest BCUT2D eigenvalue weighted by Gasteiger charge is -2.02. The molecule has 0 aliphatic carbocycles. The van der Waals surface area contributed by atoms with Crippen molar-refractivity contribution < 1.29 is 13.2 Å². The zero-order valence-corrected chi connectivity index (χ0v) is 7.68. The number of nitrogens with one attached hydrogen (secondary N) is 1. The molecule has 0 atom stereocenters. The van der Waals surface area contributed by atoms with Crippen molar-refractivity contribution in [3.63, 3.8) is 0 Å². The van der Waals surface area contributed by atoms with Crippen molar-refractivity contribution in [2.24, 2.45) is 10.7 Å². The van der Waals surface area contributed by atoms with Gasteiger partial charge in [-0.25, -0.2) is 13.1 Å². The van der Waals surface area contributed by atoms with Gasteiger partial charge in [-0.05, 0) is 6.92 Å². The third-order valence-corrected chi connectivity index (χ3v) is 2.62. The number of hydrogen-bond acceptors (Lipinski definition) is 4. The number of nitrogens with zero attached hydrogens (tertiary/aromatic N) is 1. The van der Waals surface area contributed by atoms with E-state index in [9.17, 15) is 13.2 Å². The van der Waals surface area contributed by atoms with E-state index in [0.29, 0.717) is 0 Å². The van der Waals surface area contributed by atoms with E-state index in [0.717, 1.165) is 0 Å². The molecule has 70 valence electrons. The van der Waals surface area contributed by atoms with Crippen molar-refractivity contribution in [1.29, 1.82) is 0 Å². The van der Waals surface area contributed by atoms with Gasteiger partial charge in [-0.1, -0.05) is 0 Å². The van der Waals surface area contributed by atoms with E-state index in [4.69, 9.17) is 5.73 Å². The molecule has 0 aromatic carbocycles. The number of primary amides is 1. The minimum absolute atomic E-state index is 0.0799. The average molecular weight is 193 g/mol. The highest BCUT2D eigenvalue weighted by molar-refractivity contribution is 8.04. The van der Waals surface area contributed by atoms with Gasteiger partial charge in [-0.3, -0.25) is 9.79 Å². The number of nitrogens with two attached hydrogens (primary N) is 1. The molecule has 0 unspecified atom stereocenters. The van der Waals surface area contributed by atoms with Crippen LogP contribution in [0.4, 0.5) is 0 Å². The van der Waals surface area contributed by atoms with Gasteiger partial charge in [-0.2, -0.15) is 0 Å². The molecule has 0 saturated carbocycles. The summed E-state index contributed by atoms with van der Waals surface area (Å²) in [6, 6.07) is 0. The van der Waals surface area contributed by atoms with Crippen LogP contribution in [0.2, 0.25) is 0 Å². The summed E-state index contributed by atoms with van der Waals surface area (Å²) in [5.74, 6) is -0.734. The maximum absolute atomic E-state index is 11.0. The molecule has 0 radical (unpaired) electrons. The number of carbonyl (C=O) groups excluding carboxylic acids is 1. The molecule has 3 N–H and O–H groups in total. The summed E-state index contributed by atoms with van der Waals surface area (Å²) in [4.78, 5) is 13.7. The third kappa shape index (κ3) is 3.44. The Morgan fingerprint density at radius 3 is 2.42 bits per heavy atom. The van der Waals surface area contributed by atoms with E-state index in [2.05, 4.69) is 4.99 Å². The van der Waals surface area contributed by atoms with Crippen LogP contribution in [-0.4, -0.2) is 33.0 Å². The topological polar surface area (TPSA) is 102 Å². The molecule has 0 saturated heterocycles. The lowest BCUT2D eigenvalue weighted by molar-refractivity contribution is -0.116. The minimum Gasteiger partial charge on any atom is -0.369 e. The van der Waals surface area contributed by atoms with Gasteiger partial charge in [0.25, 0.3) is 10.0 Å². The summed E-state index contributed by atoms with van der Waals surface area (Å²) in [6.45, 7) is 0.915. The van der Waals surface area contributed by atoms with Gasteiger partial charge in [0.15, 0.2) is 0 Å². The first-order valence-electron chi connectivity index (χ1n) is 3.11. The number of carbonyl (C=O) groups is 1. The summed E-state index contributed by atoms with van der Waals surface area (Å²) >= 11 is 0. The number of amides is 1.